The van der Waals surface area contributed by atoms with Gasteiger partial charge in [-0.05, 0) is 36.8 Å². The first-order chi connectivity index (χ1) is 5.73. The van der Waals surface area contributed by atoms with E-state index in [4.69, 9.17) is 0 Å². The lowest BCUT2D eigenvalue weighted by Crippen LogP contribution is -2.48. The Balaban J connectivity index is 2.76. The van der Waals surface area contributed by atoms with Crippen molar-refractivity contribution in [3.05, 3.63) is 0 Å². The Kier molecular flexibility index (Phi) is 2.78. The first-order valence-corrected chi connectivity index (χ1v) is 5.42. The summed E-state index contributed by atoms with van der Waals surface area (Å²) < 4.78 is 0. The molecule has 1 heterocycles. The summed E-state index contributed by atoms with van der Waals surface area (Å²) in [5, 5.41) is 0. The molecule has 1 fully saturated rings. The molecular weight excluding hydrogens is 158 g/mol. The molecule has 0 saturated carbocycles. The second-order valence-electron chi connectivity index (χ2n) is 6.43. The molecule has 1 rings (SSSR count). The van der Waals surface area contributed by atoms with Gasteiger partial charge in [-0.25, -0.2) is 0 Å². The van der Waals surface area contributed by atoms with Crippen molar-refractivity contribution in [2.75, 3.05) is 20.1 Å². The van der Waals surface area contributed by atoms with E-state index in [1.165, 1.54) is 19.5 Å². The highest BCUT2D eigenvalue weighted by molar-refractivity contribution is 4.91. The lowest BCUT2D eigenvalue weighted by atomic mass is 9.62. The van der Waals surface area contributed by atoms with Gasteiger partial charge >= 0.3 is 0 Å². The summed E-state index contributed by atoms with van der Waals surface area (Å²) >= 11 is 0. The molecule has 0 bridgehead atoms. The number of nitrogens with zero attached hydrogens (tertiary/aromatic N) is 1. The molecule has 0 spiro atoms. The highest BCUT2D eigenvalue weighted by Crippen LogP contribution is 2.44. The monoisotopic (exact) mass is 183 g/mol. The number of hydrogen-bond acceptors (Lipinski definition) is 1. The van der Waals surface area contributed by atoms with E-state index in [1.54, 1.807) is 0 Å². The average molecular weight is 183 g/mol. The summed E-state index contributed by atoms with van der Waals surface area (Å²) in [6.07, 6.45) is 1.35. The van der Waals surface area contributed by atoms with Crippen LogP contribution in [0.4, 0.5) is 0 Å². The predicted octanol–water partition coefficient (Wildman–Crippen LogP) is 3.01. The van der Waals surface area contributed by atoms with Gasteiger partial charge in [0.15, 0.2) is 0 Å². The highest BCUT2D eigenvalue weighted by Gasteiger charge is 2.40. The summed E-state index contributed by atoms with van der Waals surface area (Å²) in [7, 11) is 2.24. The van der Waals surface area contributed by atoms with E-state index in [0.29, 0.717) is 10.8 Å². The van der Waals surface area contributed by atoms with Crippen LogP contribution in [0.25, 0.3) is 0 Å². The second-order valence-corrected chi connectivity index (χ2v) is 6.43. The van der Waals surface area contributed by atoms with Crippen LogP contribution in [-0.4, -0.2) is 25.0 Å². The van der Waals surface area contributed by atoms with Crippen LogP contribution in [0, 0.1) is 16.7 Å². The molecule has 0 aromatic rings. The molecule has 0 aromatic heterocycles. The number of rotatable bonds is 0. The average Bonchev–Trinajstić information content (AvgIpc) is 1.79. The van der Waals surface area contributed by atoms with Crippen molar-refractivity contribution in [1.82, 2.24) is 4.90 Å². The van der Waals surface area contributed by atoms with Crippen LogP contribution in [0.1, 0.15) is 41.0 Å². The van der Waals surface area contributed by atoms with Crippen molar-refractivity contribution >= 4 is 0 Å². The Labute approximate surface area is 83.5 Å². The third-order valence-corrected chi connectivity index (χ3v) is 3.47. The van der Waals surface area contributed by atoms with Crippen LogP contribution in [-0.2, 0) is 0 Å². The van der Waals surface area contributed by atoms with Gasteiger partial charge in [0.05, 0.1) is 0 Å². The van der Waals surface area contributed by atoms with Gasteiger partial charge in [0.1, 0.15) is 0 Å². The van der Waals surface area contributed by atoms with Crippen molar-refractivity contribution in [2.24, 2.45) is 16.7 Å². The molecular formula is C12H25N. The fourth-order valence-corrected chi connectivity index (χ4v) is 3.23. The van der Waals surface area contributed by atoms with Crippen LogP contribution in [0.15, 0.2) is 0 Å². The Morgan fingerprint density at radius 3 is 2.15 bits per heavy atom. The van der Waals surface area contributed by atoms with Crippen molar-refractivity contribution in [3.63, 3.8) is 0 Å². The third-order valence-electron chi connectivity index (χ3n) is 3.47. The molecule has 0 N–H and O–H groups in total. The molecule has 1 saturated heterocycles. The first-order valence-electron chi connectivity index (χ1n) is 5.42. The van der Waals surface area contributed by atoms with Crippen molar-refractivity contribution < 1.29 is 0 Å². The standard InChI is InChI=1S/C12H25N/c1-11(2,3)10-7-8-13(6)9-12(10,4)5/h10H,7-9H2,1-6H3. The maximum atomic E-state index is 2.46. The van der Waals surface area contributed by atoms with Crippen molar-refractivity contribution in [1.29, 1.82) is 0 Å². The van der Waals surface area contributed by atoms with E-state index in [2.05, 4.69) is 46.6 Å². The van der Waals surface area contributed by atoms with E-state index >= 15 is 0 Å². The van der Waals surface area contributed by atoms with Crippen molar-refractivity contribution in [3.8, 4) is 0 Å². The van der Waals surface area contributed by atoms with E-state index < -0.39 is 0 Å². The smallest absolute Gasteiger partial charge is 0.00325 e. The molecule has 1 nitrogen and oxygen atoms in total. The molecule has 1 unspecified atom stereocenters. The zero-order chi connectivity index (χ0) is 10.3. The molecule has 0 amide bonds. The molecule has 1 aliphatic heterocycles. The summed E-state index contributed by atoms with van der Waals surface area (Å²) in [6, 6.07) is 0. The van der Waals surface area contributed by atoms with E-state index in [-0.39, 0.29) is 0 Å². The predicted molar refractivity (Wildman–Crippen MR) is 58.8 cm³/mol. The molecule has 1 atom stereocenters. The zero-order valence-corrected chi connectivity index (χ0v) is 10.1. The fraction of sp³-hybridized carbons (Fsp3) is 1.00. The van der Waals surface area contributed by atoms with Gasteiger partial charge < -0.3 is 4.90 Å². The maximum Gasteiger partial charge on any atom is 0.00325 e. The van der Waals surface area contributed by atoms with E-state index in [0.717, 1.165) is 5.92 Å². The minimum atomic E-state index is 0.463. The maximum absolute atomic E-state index is 2.46. The largest absolute Gasteiger partial charge is 0.306 e. The minimum Gasteiger partial charge on any atom is -0.306 e. The zero-order valence-electron chi connectivity index (χ0n) is 10.1. The van der Waals surface area contributed by atoms with Crippen LogP contribution in [0.2, 0.25) is 0 Å². The lowest BCUT2D eigenvalue weighted by molar-refractivity contribution is 0.00420. The number of hydrogen-bond donors (Lipinski definition) is 0. The quantitative estimate of drug-likeness (QED) is 0.558. The molecule has 13 heavy (non-hydrogen) atoms. The SMILES string of the molecule is CN1CCC(C(C)(C)C)C(C)(C)C1. The summed E-state index contributed by atoms with van der Waals surface area (Å²) in [6.45, 7) is 14.5. The van der Waals surface area contributed by atoms with Crippen molar-refractivity contribution in [2.45, 2.75) is 41.0 Å². The Bertz CT molecular complexity index is 176. The van der Waals surface area contributed by atoms with Gasteiger partial charge in [0.2, 0.25) is 0 Å². The Morgan fingerprint density at radius 1 is 1.23 bits per heavy atom. The lowest BCUT2D eigenvalue weighted by Gasteiger charge is -2.49. The summed E-state index contributed by atoms with van der Waals surface area (Å²) in [4.78, 5) is 2.46. The molecule has 78 valence electrons. The Hall–Kier alpha value is -0.0400. The van der Waals surface area contributed by atoms with Gasteiger partial charge in [0.25, 0.3) is 0 Å². The van der Waals surface area contributed by atoms with Crippen LogP contribution >= 0.6 is 0 Å². The van der Waals surface area contributed by atoms with E-state index in [9.17, 15) is 0 Å². The first kappa shape index (κ1) is 11.0. The number of likely N-dealkylation sites (tertiary alicyclic amines) is 1. The summed E-state index contributed by atoms with van der Waals surface area (Å²) in [5.41, 5.74) is 0.940. The minimum absolute atomic E-state index is 0.463. The Morgan fingerprint density at radius 2 is 1.77 bits per heavy atom. The fourth-order valence-electron chi connectivity index (χ4n) is 3.23. The normalized spacial score (nSPS) is 30.5. The van der Waals surface area contributed by atoms with Gasteiger partial charge in [-0.2, -0.15) is 0 Å². The molecule has 1 heteroatoms. The molecule has 0 aliphatic carbocycles. The van der Waals surface area contributed by atoms with Gasteiger partial charge in [-0.3, -0.25) is 0 Å². The van der Waals surface area contributed by atoms with Crippen LogP contribution in [0.5, 0.6) is 0 Å². The molecule has 0 aromatic carbocycles. The summed E-state index contributed by atoms with van der Waals surface area (Å²) in [5.74, 6) is 0.858. The van der Waals surface area contributed by atoms with Gasteiger partial charge in [0, 0.05) is 6.54 Å². The highest BCUT2D eigenvalue weighted by atomic mass is 15.1. The van der Waals surface area contributed by atoms with E-state index in [1.807, 2.05) is 0 Å². The second kappa shape index (κ2) is 3.27. The number of piperidine rings is 1. The van der Waals surface area contributed by atoms with Crippen LogP contribution in [0.3, 0.4) is 0 Å². The van der Waals surface area contributed by atoms with Gasteiger partial charge in [-0.1, -0.05) is 34.6 Å². The molecule has 0 radical (unpaired) electrons. The van der Waals surface area contributed by atoms with Crippen LogP contribution < -0.4 is 0 Å². The third kappa shape index (κ3) is 2.46. The topological polar surface area (TPSA) is 3.24 Å². The van der Waals surface area contributed by atoms with Gasteiger partial charge in [-0.15, -0.1) is 0 Å². The molecule has 1 aliphatic rings.